The molecule has 0 unspecified atom stereocenters. The van der Waals surface area contributed by atoms with Crippen LogP contribution in [0.2, 0.25) is 0 Å². The number of likely N-dealkylation sites (tertiary alicyclic amines) is 1. The topological polar surface area (TPSA) is 50.3 Å². The van der Waals surface area contributed by atoms with Gasteiger partial charge in [0.05, 0.1) is 19.0 Å². The van der Waals surface area contributed by atoms with Crippen LogP contribution in [0.5, 0.6) is 5.88 Å². The van der Waals surface area contributed by atoms with Crippen molar-refractivity contribution in [3.05, 3.63) is 48.4 Å². The van der Waals surface area contributed by atoms with Crippen molar-refractivity contribution in [2.45, 2.75) is 25.4 Å². The van der Waals surface area contributed by atoms with Gasteiger partial charge in [-0.2, -0.15) is 0 Å². The van der Waals surface area contributed by atoms with Gasteiger partial charge in [0.15, 0.2) is 0 Å². The molecule has 0 spiro atoms. The number of aromatic nitrogens is 2. The van der Waals surface area contributed by atoms with Crippen molar-refractivity contribution in [2.75, 3.05) is 25.5 Å². The van der Waals surface area contributed by atoms with E-state index in [0.717, 1.165) is 38.2 Å². The van der Waals surface area contributed by atoms with Crippen molar-refractivity contribution in [3.8, 4) is 5.88 Å². The third-order valence-corrected chi connectivity index (χ3v) is 4.03. The highest BCUT2D eigenvalue weighted by Crippen LogP contribution is 2.18. The normalized spacial score (nSPS) is 16.4. The van der Waals surface area contributed by atoms with Gasteiger partial charge >= 0.3 is 0 Å². The number of hydrogen-bond acceptors (Lipinski definition) is 5. The molecule has 22 heavy (non-hydrogen) atoms. The van der Waals surface area contributed by atoms with E-state index < -0.39 is 0 Å². The average Bonchev–Trinajstić information content (AvgIpc) is 2.58. The summed E-state index contributed by atoms with van der Waals surface area (Å²) in [6, 6.07) is 8.56. The van der Waals surface area contributed by atoms with Gasteiger partial charge in [-0.3, -0.25) is 9.88 Å². The summed E-state index contributed by atoms with van der Waals surface area (Å²) < 4.78 is 5.08. The molecule has 3 heterocycles. The van der Waals surface area contributed by atoms with Crippen LogP contribution < -0.4 is 10.1 Å². The molecule has 0 atom stereocenters. The van der Waals surface area contributed by atoms with Crippen molar-refractivity contribution in [1.82, 2.24) is 14.9 Å². The Morgan fingerprint density at radius 3 is 2.73 bits per heavy atom. The molecule has 1 fully saturated rings. The van der Waals surface area contributed by atoms with Gasteiger partial charge in [0.2, 0.25) is 5.88 Å². The summed E-state index contributed by atoms with van der Waals surface area (Å²) in [5.41, 5.74) is 2.35. The lowest BCUT2D eigenvalue weighted by Crippen LogP contribution is -2.38. The van der Waals surface area contributed by atoms with Crippen LogP contribution in [0.25, 0.3) is 0 Å². The lowest BCUT2D eigenvalue weighted by molar-refractivity contribution is 0.211. The minimum absolute atomic E-state index is 0.514. The van der Waals surface area contributed by atoms with Crippen molar-refractivity contribution >= 4 is 5.69 Å². The number of piperidine rings is 1. The van der Waals surface area contributed by atoms with Crippen LogP contribution in [0.3, 0.4) is 0 Å². The Morgan fingerprint density at radius 2 is 2.09 bits per heavy atom. The molecular formula is C17H22N4O. The number of ether oxygens (including phenoxy) is 1. The van der Waals surface area contributed by atoms with Gasteiger partial charge in [-0.1, -0.05) is 6.07 Å². The molecule has 0 amide bonds. The lowest BCUT2D eigenvalue weighted by Gasteiger charge is -2.32. The number of anilines is 1. The number of methoxy groups -OCH3 is 1. The quantitative estimate of drug-likeness (QED) is 0.919. The zero-order valence-electron chi connectivity index (χ0n) is 12.9. The van der Waals surface area contributed by atoms with Crippen molar-refractivity contribution in [1.29, 1.82) is 0 Å². The maximum atomic E-state index is 5.08. The third kappa shape index (κ3) is 3.95. The highest BCUT2D eigenvalue weighted by atomic mass is 16.5. The summed E-state index contributed by atoms with van der Waals surface area (Å²) in [7, 11) is 1.63. The zero-order valence-corrected chi connectivity index (χ0v) is 12.9. The van der Waals surface area contributed by atoms with Crippen molar-refractivity contribution < 1.29 is 4.74 Å². The van der Waals surface area contributed by atoms with E-state index in [0.29, 0.717) is 11.9 Å². The van der Waals surface area contributed by atoms with Crippen LogP contribution in [0, 0.1) is 0 Å². The van der Waals surface area contributed by atoms with E-state index in [1.807, 2.05) is 36.8 Å². The maximum Gasteiger partial charge on any atom is 0.213 e. The fraction of sp³-hybridized carbons (Fsp3) is 0.412. The minimum atomic E-state index is 0.514. The van der Waals surface area contributed by atoms with E-state index in [1.165, 1.54) is 5.56 Å². The zero-order chi connectivity index (χ0) is 15.2. The molecule has 5 nitrogen and oxygen atoms in total. The molecule has 0 aromatic carbocycles. The fourth-order valence-corrected chi connectivity index (χ4v) is 2.81. The number of nitrogens with one attached hydrogen (secondary N) is 1. The first kappa shape index (κ1) is 14.8. The Hall–Kier alpha value is -2.14. The monoisotopic (exact) mass is 298 g/mol. The van der Waals surface area contributed by atoms with E-state index in [4.69, 9.17) is 4.74 Å². The minimum Gasteiger partial charge on any atom is -0.481 e. The smallest absolute Gasteiger partial charge is 0.213 e. The van der Waals surface area contributed by atoms with Gasteiger partial charge in [0.25, 0.3) is 0 Å². The molecule has 2 aromatic heterocycles. The van der Waals surface area contributed by atoms with Crippen LogP contribution in [0.4, 0.5) is 5.69 Å². The molecule has 5 heteroatoms. The summed E-state index contributed by atoms with van der Waals surface area (Å²) in [6.45, 7) is 3.21. The molecule has 1 aliphatic rings. The molecule has 1 aliphatic heterocycles. The molecule has 116 valence electrons. The predicted molar refractivity (Wildman–Crippen MR) is 86.9 cm³/mol. The van der Waals surface area contributed by atoms with Gasteiger partial charge in [-0.05, 0) is 30.5 Å². The summed E-state index contributed by atoms with van der Waals surface area (Å²) in [6.07, 6.45) is 7.90. The van der Waals surface area contributed by atoms with Gasteiger partial charge in [-0.15, -0.1) is 0 Å². The van der Waals surface area contributed by atoms with Crippen molar-refractivity contribution in [2.24, 2.45) is 0 Å². The Kier molecular flexibility index (Phi) is 4.85. The Morgan fingerprint density at radius 1 is 1.23 bits per heavy atom. The molecule has 0 bridgehead atoms. The summed E-state index contributed by atoms with van der Waals surface area (Å²) in [5.74, 6) is 0.650. The fourth-order valence-electron chi connectivity index (χ4n) is 2.81. The SMILES string of the molecule is COc1ccc(NC2CCN(Cc3cccnc3)CC2)cn1. The van der Waals surface area contributed by atoms with E-state index >= 15 is 0 Å². The van der Waals surface area contributed by atoms with E-state index in [9.17, 15) is 0 Å². The third-order valence-electron chi connectivity index (χ3n) is 4.03. The largest absolute Gasteiger partial charge is 0.481 e. The molecule has 1 N–H and O–H groups in total. The summed E-state index contributed by atoms with van der Waals surface area (Å²) >= 11 is 0. The maximum absolute atomic E-state index is 5.08. The summed E-state index contributed by atoms with van der Waals surface area (Å²) in [5, 5.41) is 3.56. The standard InChI is InChI=1S/C17H22N4O/c1-22-17-5-4-16(12-19-17)20-15-6-9-21(10-7-15)13-14-3-2-8-18-11-14/h2-5,8,11-12,15,20H,6-7,9-10,13H2,1H3. The number of hydrogen-bond donors (Lipinski definition) is 1. The second-order valence-corrected chi connectivity index (χ2v) is 5.65. The number of rotatable bonds is 5. The van der Waals surface area contributed by atoms with Crippen LogP contribution in [-0.2, 0) is 6.54 Å². The van der Waals surface area contributed by atoms with Crippen LogP contribution >= 0.6 is 0 Å². The first-order valence-electron chi connectivity index (χ1n) is 7.71. The number of pyridine rings is 2. The highest BCUT2D eigenvalue weighted by Gasteiger charge is 2.19. The Bertz CT molecular complexity index is 565. The van der Waals surface area contributed by atoms with Crippen LogP contribution in [-0.4, -0.2) is 41.1 Å². The molecule has 1 saturated heterocycles. The van der Waals surface area contributed by atoms with E-state index in [2.05, 4.69) is 26.3 Å². The van der Waals surface area contributed by atoms with Crippen LogP contribution in [0.1, 0.15) is 18.4 Å². The van der Waals surface area contributed by atoms with E-state index in [-0.39, 0.29) is 0 Å². The number of nitrogens with zero attached hydrogens (tertiary/aromatic N) is 3. The highest BCUT2D eigenvalue weighted by molar-refractivity contribution is 5.43. The van der Waals surface area contributed by atoms with Gasteiger partial charge in [0, 0.05) is 44.1 Å². The molecule has 2 aromatic rings. The first-order chi connectivity index (χ1) is 10.8. The molecule has 0 aliphatic carbocycles. The average molecular weight is 298 g/mol. The molecular weight excluding hydrogens is 276 g/mol. The molecule has 3 rings (SSSR count). The Labute approximate surface area is 131 Å². The summed E-state index contributed by atoms with van der Waals surface area (Å²) in [4.78, 5) is 10.9. The van der Waals surface area contributed by atoms with Crippen molar-refractivity contribution in [3.63, 3.8) is 0 Å². The molecule has 0 saturated carbocycles. The first-order valence-corrected chi connectivity index (χ1v) is 7.71. The Balaban J connectivity index is 1.47. The molecule has 0 radical (unpaired) electrons. The second kappa shape index (κ2) is 7.22. The van der Waals surface area contributed by atoms with Gasteiger partial charge in [0.1, 0.15) is 0 Å². The van der Waals surface area contributed by atoms with Gasteiger partial charge < -0.3 is 10.1 Å². The second-order valence-electron chi connectivity index (χ2n) is 5.65. The predicted octanol–water partition coefficient (Wildman–Crippen LogP) is 2.56. The van der Waals surface area contributed by atoms with Crippen LogP contribution in [0.15, 0.2) is 42.9 Å². The lowest BCUT2D eigenvalue weighted by atomic mass is 10.0. The van der Waals surface area contributed by atoms with Gasteiger partial charge in [-0.25, -0.2) is 4.98 Å². The van der Waals surface area contributed by atoms with E-state index in [1.54, 1.807) is 7.11 Å².